The minimum Gasteiger partial charge on any atom is -0.454 e. The second kappa shape index (κ2) is 6.02. The van der Waals surface area contributed by atoms with Crippen LogP contribution in [0.2, 0.25) is 0 Å². The highest BCUT2D eigenvalue weighted by atomic mass is 127. The highest BCUT2D eigenvalue weighted by Crippen LogP contribution is 2.23. The SMILES string of the molecule is C[C@@H](NCc1ccc(I)o1)c1ccccc1Br. The summed E-state index contributed by atoms with van der Waals surface area (Å²) in [6, 6.07) is 12.5. The molecule has 0 amide bonds. The summed E-state index contributed by atoms with van der Waals surface area (Å²) in [4.78, 5) is 0. The number of benzene rings is 1. The van der Waals surface area contributed by atoms with Crippen LogP contribution in [0.15, 0.2) is 45.3 Å². The van der Waals surface area contributed by atoms with E-state index < -0.39 is 0 Å². The summed E-state index contributed by atoms with van der Waals surface area (Å²) < 4.78 is 7.57. The van der Waals surface area contributed by atoms with E-state index in [9.17, 15) is 0 Å². The van der Waals surface area contributed by atoms with Gasteiger partial charge in [0.1, 0.15) is 5.76 Å². The molecule has 0 saturated heterocycles. The third-order valence-corrected chi connectivity index (χ3v) is 3.89. The molecule has 4 heteroatoms. The molecular formula is C13H13BrINO. The smallest absolute Gasteiger partial charge is 0.164 e. The fourth-order valence-electron chi connectivity index (χ4n) is 1.64. The first-order valence-electron chi connectivity index (χ1n) is 5.39. The maximum absolute atomic E-state index is 5.51. The minimum atomic E-state index is 0.285. The maximum Gasteiger partial charge on any atom is 0.164 e. The minimum absolute atomic E-state index is 0.285. The zero-order valence-corrected chi connectivity index (χ0v) is 13.2. The molecule has 1 aromatic carbocycles. The molecule has 0 spiro atoms. The van der Waals surface area contributed by atoms with Crippen LogP contribution >= 0.6 is 38.5 Å². The number of rotatable bonds is 4. The van der Waals surface area contributed by atoms with Gasteiger partial charge in [0.2, 0.25) is 0 Å². The molecule has 0 saturated carbocycles. The normalized spacial score (nSPS) is 12.6. The molecule has 2 rings (SSSR count). The molecular weight excluding hydrogens is 393 g/mol. The summed E-state index contributed by atoms with van der Waals surface area (Å²) >= 11 is 5.74. The Morgan fingerprint density at radius 2 is 2.06 bits per heavy atom. The lowest BCUT2D eigenvalue weighted by Gasteiger charge is -2.14. The van der Waals surface area contributed by atoms with Gasteiger partial charge in [-0.15, -0.1) is 0 Å². The van der Waals surface area contributed by atoms with E-state index in [-0.39, 0.29) is 6.04 Å². The Morgan fingerprint density at radius 3 is 2.71 bits per heavy atom. The molecule has 17 heavy (non-hydrogen) atoms. The van der Waals surface area contributed by atoms with Crippen LogP contribution in [0.1, 0.15) is 24.3 Å². The molecule has 2 nitrogen and oxygen atoms in total. The standard InChI is InChI=1S/C13H13BrINO/c1-9(11-4-2-3-5-12(11)14)16-8-10-6-7-13(15)17-10/h2-7,9,16H,8H2,1H3/t9-/m1/s1. The van der Waals surface area contributed by atoms with Crippen LogP contribution in [-0.2, 0) is 6.54 Å². The number of halogens is 2. The van der Waals surface area contributed by atoms with Gasteiger partial charge in [0.25, 0.3) is 0 Å². The first-order chi connectivity index (χ1) is 8.16. The zero-order chi connectivity index (χ0) is 12.3. The fourth-order valence-corrected chi connectivity index (χ4v) is 2.73. The van der Waals surface area contributed by atoms with Gasteiger partial charge in [-0.3, -0.25) is 0 Å². The van der Waals surface area contributed by atoms with E-state index in [4.69, 9.17) is 4.42 Å². The summed E-state index contributed by atoms with van der Waals surface area (Å²) in [5.41, 5.74) is 1.26. The topological polar surface area (TPSA) is 25.2 Å². The summed E-state index contributed by atoms with van der Waals surface area (Å²) in [5.74, 6) is 0.966. The van der Waals surface area contributed by atoms with Crippen molar-refractivity contribution in [2.45, 2.75) is 19.5 Å². The third kappa shape index (κ3) is 3.56. The van der Waals surface area contributed by atoms with Crippen molar-refractivity contribution in [2.75, 3.05) is 0 Å². The van der Waals surface area contributed by atoms with E-state index in [1.54, 1.807) is 0 Å². The first kappa shape index (κ1) is 13.1. The largest absolute Gasteiger partial charge is 0.454 e. The molecule has 1 atom stereocenters. The lowest BCUT2D eigenvalue weighted by molar-refractivity contribution is 0.444. The Morgan fingerprint density at radius 1 is 1.29 bits per heavy atom. The van der Waals surface area contributed by atoms with Crippen molar-refractivity contribution in [3.63, 3.8) is 0 Å². The van der Waals surface area contributed by atoms with E-state index in [1.807, 2.05) is 24.3 Å². The Hall–Kier alpha value is -0.330. The molecule has 1 aromatic heterocycles. The molecule has 1 N–H and O–H groups in total. The Bertz CT molecular complexity index is 498. The second-order valence-corrected chi connectivity index (χ2v) is 5.75. The van der Waals surface area contributed by atoms with E-state index >= 15 is 0 Å². The van der Waals surface area contributed by atoms with Crippen molar-refractivity contribution in [2.24, 2.45) is 0 Å². The summed E-state index contributed by atoms with van der Waals surface area (Å²) in [6.45, 7) is 2.89. The van der Waals surface area contributed by atoms with E-state index in [2.05, 4.69) is 62.9 Å². The Balaban J connectivity index is 1.98. The maximum atomic E-state index is 5.51. The summed E-state index contributed by atoms with van der Waals surface area (Å²) in [7, 11) is 0. The Kier molecular flexibility index (Phi) is 4.64. The van der Waals surface area contributed by atoms with Crippen molar-refractivity contribution in [1.29, 1.82) is 0 Å². The molecule has 0 bridgehead atoms. The zero-order valence-electron chi connectivity index (χ0n) is 9.41. The van der Waals surface area contributed by atoms with E-state index in [0.717, 1.165) is 20.5 Å². The van der Waals surface area contributed by atoms with Crippen LogP contribution in [0, 0.1) is 3.77 Å². The van der Waals surface area contributed by atoms with Gasteiger partial charge >= 0.3 is 0 Å². The van der Waals surface area contributed by atoms with Gasteiger partial charge in [-0.05, 0) is 53.3 Å². The first-order valence-corrected chi connectivity index (χ1v) is 7.26. The predicted molar refractivity (Wildman–Crippen MR) is 80.8 cm³/mol. The summed E-state index contributed by atoms with van der Waals surface area (Å²) in [5, 5.41) is 3.44. The third-order valence-electron chi connectivity index (χ3n) is 2.58. The van der Waals surface area contributed by atoms with Crippen molar-refractivity contribution in [1.82, 2.24) is 5.32 Å². The molecule has 0 fully saturated rings. The van der Waals surface area contributed by atoms with Crippen molar-refractivity contribution >= 4 is 38.5 Å². The second-order valence-electron chi connectivity index (χ2n) is 3.83. The number of nitrogens with one attached hydrogen (secondary N) is 1. The lowest BCUT2D eigenvalue weighted by Crippen LogP contribution is -2.18. The number of hydrogen-bond acceptors (Lipinski definition) is 2. The number of hydrogen-bond donors (Lipinski definition) is 1. The van der Waals surface area contributed by atoms with Crippen LogP contribution in [0.4, 0.5) is 0 Å². The average molecular weight is 406 g/mol. The van der Waals surface area contributed by atoms with Gasteiger partial charge in [-0.1, -0.05) is 34.1 Å². The molecule has 1 heterocycles. The average Bonchev–Trinajstić information content (AvgIpc) is 2.73. The highest BCUT2D eigenvalue weighted by Gasteiger charge is 2.08. The van der Waals surface area contributed by atoms with Crippen molar-refractivity contribution in [3.8, 4) is 0 Å². The predicted octanol–water partition coefficient (Wildman–Crippen LogP) is 4.50. The molecule has 0 aliphatic carbocycles. The fraction of sp³-hybridized carbons (Fsp3) is 0.231. The molecule has 0 unspecified atom stereocenters. The summed E-state index contributed by atoms with van der Waals surface area (Å²) in [6.07, 6.45) is 0. The molecule has 0 aliphatic rings. The number of furan rings is 1. The van der Waals surface area contributed by atoms with Gasteiger partial charge in [0, 0.05) is 10.5 Å². The van der Waals surface area contributed by atoms with Crippen LogP contribution < -0.4 is 5.32 Å². The van der Waals surface area contributed by atoms with Gasteiger partial charge in [-0.25, -0.2) is 0 Å². The van der Waals surface area contributed by atoms with Crippen LogP contribution in [-0.4, -0.2) is 0 Å². The monoisotopic (exact) mass is 405 g/mol. The van der Waals surface area contributed by atoms with Gasteiger partial charge < -0.3 is 9.73 Å². The lowest BCUT2D eigenvalue weighted by atomic mass is 10.1. The van der Waals surface area contributed by atoms with Crippen molar-refractivity contribution < 1.29 is 4.42 Å². The quantitative estimate of drug-likeness (QED) is 0.757. The van der Waals surface area contributed by atoms with E-state index in [1.165, 1.54) is 5.56 Å². The van der Waals surface area contributed by atoms with Crippen LogP contribution in [0.25, 0.3) is 0 Å². The molecule has 2 aromatic rings. The molecule has 0 aliphatic heterocycles. The highest BCUT2D eigenvalue weighted by molar-refractivity contribution is 14.1. The van der Waals surface area contributed by atoms with Gasteiger partial charge in [0.05, 0.1) is 6.54 Å². The Labute approximate surface area is 123 Å². The molecule has 0 radical (unpaired) electrons. The van der Waals surface area contributed by atoms with E-state index in [0.29, 0.717) is 0 Å². The van der Waals surface area contributed by atoms with Crippen molar-refractivity contribution in [3.05, 3.63) is 56.0 Å². The van der Waals surface area contributed by atoms with Gasteiger partial charge in [-0.2, -0.15) is 0 Å². The van der Waals surface area contributed by atoms with Gasteiger partial charge in [0.15, 0.2) is 3.77 Å². The van der Waals surface area contributed by atoms with Crippen LogP contribution in [0.5, 0.6) is 0 Å². The van der Waals surface area contributed by atoms with Crippen LogP contribution in [0.3, 0.4) is 0 Å². The molecule has 90 valence electrons.